The molecular formula is C25H27FN2O4. The Hall–Kier alpha value is -3.61. The van der Waals surface area contributed by atoms with Crippen molar-refractivity contribution < 1.29 is 23.5 Å². The smallest absolute Gasteiger partial charge is 0.256 e. The van der Waals surface area contributed by atoms with Crippen LogP contribution in [-0.4, -0.2) is 49.6 Å². The molecule has 7 heteroatoms. The number of hydrogen-bond donors (Lipinski definition) is 1. The lowest BCUT2D eigenvalue weighted by atomic mass is 10.0. The van der Waals surface area contributed by atoms with Gasteiger partial charge in [-0.3, -0.25) is 9.59 Å². The molecule has 32 heavy (non-hydrogen) atoms. The average Bonchev–Trinajstić information content (AvgIpc) is 2.82. The number of amides is 2. The third-order valence-electron chi connectivity index (χ3n) is 5.20. The van der Waals surface area contributed by atoms with Crippen molar-refractivity contribution in [3.8, 4) is 11.5 Å². The molecule has 1 aliphatic rings. The lowest BCUT2D eigenvalue weighted by molar-refractivity contribution is -0.117. The van der Waals surface area contributed by atoms with Gasteiger partial charge in [0.1, 0.15) is 12.4 Å². The largest absolute Gasteiger partial charge is 0.493 e. The molecule has 0 bridgehead atoms. The highest BCUT2D eigenvalue weighted by Crippen LogP contribution is 2.28. The highest BCUT2D eigenvalue weighted by atomic mass is 19.1. The number of piperidine rings is 1. The maximum Gasteiger partial charge on any atom is 0.256 e. The van der Waals surface area contributed by atoms with E-state index >= 15 is 0 Å². The summed E-state index contributed by atoms with van der Waals surface area (Å²) in [5.41, 5.74) is 0.877. The molecule has 1 N–H and O–H groups in total. The number of rotatable bonds is 8. The number of ether oxygens (including phenoxy) is 2. The first-order valence-electron chi connectivity index (χ1n) is 10.5. The van der Waals surface area contributed by atoms with Crippen molar-refractivity contribution in [2.75, 3.05) is 26.8 Å². The normalized spacial score (nSPS) is 14.2. The Morgan fingerprint density at radius 2 is 1.94 bits per heavy atom. The molecule has 168 valence electrons. The second-order valence-electron chi connectivity index (χ2n) is 7.40. The highest BCUT2D eigenvalue weighted by molar-refractivity contribution is 5.94. The minimum Gasteiger partial charge on any atom is -0.493 e. The fraction of sp³-hybridized carbons (Fsp3) is 0.280. The van der Waals surface area contributed by atoms with Gasteiger partial charge in [0, 0.05) is 25.2 Å². The summed E-state index contributed by atoms with van der Waals surface area (Å²) in [6, 6.07) is 11.3. The summed E-state index contributed by atoms with van der Waals surface area (Å²) in [4.78, 5) is 26.5. The van der Waals surface area contributed by atoms with E-state index < -0.39 is 5.82 Å². The molecule has 0 unspecified atom stereocenters. The summed E-state index contributed by atoms with van der Waals surface area (Å²) in [7, 11) is 1.56. The monoisotopic (exact) mass is 438 g/mol. The van der Waals surface area contributed by atoms with E-state index in [-0.39, 0.29) is 23.4 Å². The zero-order chi connectivity index (χ0) is 22.9. The molecular weight excluding hydrogens is 411 g/mol. The van der Waals surface area contributed by atoms with E-state index in [9.17, 15) is 14.0 Å². The zero-order valence-corrected chi connectivity index (χ0v) is 18.1. The van der Waals surface area contributed by atoms with E-state index in [1.807, 2.05) is 6.07 Å². The van der Waals surface area contributed by atoms with Crippen LogP contribution in [-0.2, 0) is 4.79 Å². The standard InChI is InChI=1S/C25H27FN2O4/c1-3-16-32-22-10-8-18(17-23(22)31-2)9-11-24(29)27-19-12-14-28(15-13-19)25(30)20-6-4-5-7-21(20)26/h3-11,17,19H,1,12-16H2,2H3,(H,27,29)/b11-9+. The van der Waals surface area contributed by atoms with Crippen LogP contribution in [0.2, 0.25) is 0 Å². The average molecular weight is 438 g/mol. The first kappa shape index (κ1) is 23.1. The van der Waals surface area contributed by atoms with Crippen LogP contribution in [0, 0.1) is 5.82 Å². The molecule has 3 rings (SSSR count). The Labute approximate surface area is 187 Å². The summed E-state index contributed by atoms with van der Waals surface area (Å²) in [6.45, 7) is 4.92. The van der Waals surface area contributed by atoms with Gasteiger partial charge in [-0.25, -0.2) is 4.39 Å². The van der Waals surface area contributed by atoms with Crippen LogP contribution in [0.5, 0.6) is 11.5 Å². The second-order valence-corrected chi connectivity index (χ2v) is 7.40. The maximum absolute atomic E-state index is 13.9. The van der Waals surface area contributed by atoms with Crippen LogP contribution < -0.4 is 14.8 Å². The van der Waals surface area contributed by atoms with E-state index in [0.29, 0.717) is 44.0 Å². The Morgan fingerprint density at radius 1 is 1.19 bits per heavy atom. The summed E-state index contributed by atoms with van der Waals surface area (Å²) >= 11 is 0. The number of hydrogen-bond acceptors (Lipinski definition) is 4. The van der Waals surface area contributed by atoms with E-state index in [0.717, 1.165) is 5.56 Å². The van der Waals surface area contributed by atoms with Crippen molar-refractivity contribution in [3.63, 3.8) is 0 Å². The van der Waals surface area contributed by atoms with Crippen LogP contribution in [0.4, 0.5) is 4.39 Å². The number of carbonyl (C=O) groups excluding carboxylic acids is 2. The number of carbonyl (C=O) groups is 2. The van der Waals surface area contributed by atoms with Gasteiger partial charge in [0.25, 0.3) is 5.91 Å². The van der Waals surface area contributed by atoms with Crippen molar-refractivity contribution in [2.24, 2.45) is 0 Å². The van der Waals surface area contributed by atoms with Gasteiger partial charge < -0.3 is 19.7 Å². The lowest BCUT2D eigenvalue weighted by Gasteiger charge is -2.32. The highest BCUT2D eigenvalue weighted by Gasteiger charge is 2.25. The van der Waals surface area contributed by atoms with Crippen molar-refractivity contribution in [2.45, 2.75) is 18.9 Å². The van der Waals surface area contributed by atoms with Gasteiger partial charge in [0.2, 0.25) is 5.91 Å². The number of nitrogens with one attached hydrogen (secondary N) is 1. The molecule has 1 saturated heterocycles. The van der Waals surface area contributed by atoms with E-state index in [2.05, 4.69) is 11.9 Å². The minimum atomic E-state index is -0.519. The van der Waals surface area contributed by atoms with Gasteiger partial charge in [-0.2, -0.15) is 0 Å². The Kier molecular flexibility index (Phi) is 8.02. The van der Waals surface area contributed by atoms with Gasteiger partial charge in [-0.1, -0.05) is 30.9 Å². The molecule has 0 aliphatic carbocycles. The quantitative estimate of drug-likeness (QED) is 0.502. The van der Waals surface area contributed by atoms with Crippen LogP contribution in [0.1, 0.15) is 28.8 Å². The molecule has 0 saturated carbocycles. The molecule has 6 nitrogen and oxygen atoms in total. The molecule has 2 amide bonds. The molecule has 1 heterocycles. The number of likely N-dealkylation sites (tertiary alicyclic amines) is 1. The molecule has 0 radical (unpaired) electrons. The molecule has 1 fully saturated rings. The third-order valence-corrected chi connectivity index (χ3v) is 5.20. The lowest BCUT2D eigenvalue weighted by Crippen LogP contribution is -2.46. The van der Waals surface area contributed by atoms with Crippen molar-refractivity contribution in [3.05, 3.63) is 78.1 Å². The van der Waals surface area contributed by atoms with Crippen LogP contribution in [0.15, 0.2) is 61.2 Å². The summed E-state index contributed by atoms with van der Waals surface area (Å²) in [5.74, 6) is 0.124. The number of nitrogens with zero attached hydrogens (tertiary/aromatic N) is 1. The molecule has 0 aromatic heterocycles. The van der Waals surface area contributed by atoms with E-state index in [4.69, 9.17) is 9.47 Å². The van der Waals surface area contributed by atoms with Crippen LogP contribution in [0.25, 0.3) is 6.08 Å². The first-order chi connectivity index (χ1) is 15.5. The van der Waals surface area contributed by atoms with Crippen molar-refractivity contribution in [1.29, 1.82) is 0 Å². The van der Waals surface area contributed by atoms with Crippen LogP contribution in [0.3, 0.4) is 0 Å². The molecule has 2 aromatic carbocycles. The predicted octanol–water partition coefficient (Wildman–Crippen LogP) is 3.83. The molecule has 0 atom stereocenters. The van der Waals surface area contributed by atoms with Gasteiger partial charge in [0.05, 0.1) is 12.7 Å². The molecule has 0 spiro atoms. The molecule has 2 aromatic rings. The first-order valence-corrected chi connectivity index (χ1v) is 10.5. The summed E-state index contributed by atoms with van der Waals surface area (Å²) < 4.78 is 24.7. The SMILES string of the molecule is C=CCOc1ccc(/C=C/C(=O)NC2CCN(C(=O)c3ccccc3F)CC2)cc1OC. The molecule has 1 aliphatic heterocycles. The summed E-state index contributed by atoms with van der Waals surface area (Å²) in [6.07, 6.45) is 6.05. The van der Waals surface area contributed by atoms with Crippen molar-refractivity contribution in [1.82, 2.24) is 10.2 Å². The van der Waals surface area contributed by atoms with Gasteiger partial charge in [-0.15, -0.1) is 0 Å². The Morgan fingerprint density at radius 3 is 2.62 bits per heavy atom. The van der Waals surface area contributed by atoms with E-state index in [1.165, 1.54) is 18.2 Å². The van der Waals surface area contributed by atoms with Gasteiger partial charge in [0.15, 0.2) is 11.5 Å². The predicted molar refractivity (Wildman–Crippen MR) is 121 cm³/mol. The van der Waals surface area contributed by atoms with Gasteiger partial charge in [-0.05, 0) is 48.7 Å². The van der Waals surface area contributed by atoms with E-state index in [1.54, 1.807) is 48.4 Å². The Balaban J connectivity index is 1.51. The third kappa shape index (κ3) is 5.97. The van der Waals surface area contributed by atoms with Gasteiger partial charge >= 0.3 is 0 Å². The fourth-order valence-corrected chi connectivity index (χ4v) is 3.51. The maximum atomic E-state index is 13.9. The number of halogens is 1. The second kappa shape index (κ2) is 11.1. The van der Waals surface area contributed by atoms with Crippen molar-refractivity contribution >= 4 is 17.9 Å². The Bertz CT molecular complexity index is 997. The number of benzene rings is 2. The topological polar surface area (TPSA) is 67.9 Å². The zero-order valence-electron chi connectivity index (χ0n) is 18.1. The fourth-order valence-electron chi connectivity index (χ4n) is 3.51. The minimum absolute atomic E-state index is 0.0407. The van der Waals surface area contributed by atoms with Crippen LogP contribution >= 0.6 is 0 Å². The number of methoxy groups -OCH3 is 1. The summed E-state index contributed by atoms with van der Waals surface area (Å²) in [5, 5.41) is 2.96.